The average Bonchev–Trinajstić information content (AvgIpc) is 3.18. The van der Waals surface area contributed by atoms with E-state index in [0.717, 1.165) is 23.1 Å². The molecule has 1 atom stereocenters. The lowest BCUT2D eigenvalue weighted by molar-refractivity contribution is 0.471. The number of benzene rings is 3. The van der Waals surface area contributed by atoms with Gasteiger partial charge in [0.15, 0.2) is 5.58 Å². The quantitative estimate of drug-likeness (QED) is 0.294. The summed E-state index contributed by atoms with van der Waals surface area (Å²) in [6.07, 6.45) is 2.66. The van der Waals surface area contributed by atoms with Crippen LogP contribution in [-0.2, 0) is 0 Å². The molecule has 30 heavy (non-hydrogen) atoms. The van der Waals surface area contributed by atoms with E-state index in [1.54, 1.807) is 18.3 Å². The number of hydrogen-bond donors (Lipinski definition) is 1. The standard InChI is InChI=1S/C24H20BrClN2O2/c1-3-14(2)15-7-8-22-21(11-15)28-24(30-22)16-5-4-6-19(10-16)27-13-17-9-18(26)12-20(25)23(17)29/h4-14,29H,3H2,1-2H3/t14-/m0/s1. The Labute approximate surface area is 188 Å². The largest absolute Gasteiger partial charge is 0.506 e. The molecule has 1 heterocycles. The van der Waals surface area contributed by atoms with Gasteiger partial charge in [-0.3, -0.25) is 4.99 Å². The summed E-state index contributed by atoms with van der Waals surface area (Å²) in [5.41, 5.74) is 4.95. The predicted molar refractivity (Wildman–Crippen MR) is 126 cm³/mol. The molecule has 0 radical (unpaired) electrons. The molecule has 4 nitrogen and oxygen atoms in total. The van der Waals surface area contributed by atoms with E-state index >= 15 is 0 Å². The minimum atomic E-state index is 0.0929. The highest BCUT2D eigenvalue weighted by atomic mass is 79.9. The smallest absolute Gasteiger partial charge is 0.227 e. The van der Waals surface area contributed by atoms with Gasteiger partial charge in [-0.15, -0.1) is 0 Å². The number of rotatable bonds is 5. The summed E-state index contributed by atoms with van der Waals surface area (Å²) in [5.74, 6) is 1.13. The number of fused-ring (bicyclic) bond motifs is 1. The van der Waals surface area contributed by atoms with Gasteiger partial charge < -0.3 is 9.52 Å². The Morgan fingerprint density at radius 3 is 2.83 bits per heavy atom. The highest BCUT2D eigenvalue weighted by molar-refractivity contribution is 9.10. The molecule has 0 fully saturated rings. The van der Waals surface area contributed by atoms with E-state index in [4.69, 9.17) is 16.0 Å². The van der Waals surface area contributed by atoms with Crippen molar-refractivity contribution in [1.29, 1.82) is 0 Å². The molecule has 0 aliphatic carbocycles. The summed E-state index contributed by atoms with van der Waals surface area (Å²) in [6.45, 7) is 4.39. The van der Waals surface area contributed by atoms with Crippen molar-refractivity contribution in [2.24, 2.45) is 4.99 Å². The third-order valence-corrected chi connectivity index (χ3v) is 5.92. The van der Waals surface area contributed by atoms with Crippen molar-refractivity contribution in [3.05, 3.63) is 75.2 Å². The maximum absolute atomic E-state index is 10.2. The molecular formula is C24H20BrClN2O2. The maximum atomic E-state index is 10.2. The Balaban J connectivity index is 1.65. The van der Waals surface area contributed by atoms with Crippen LogP contribution in [0.3, 0.4) is 0 Å². The molecule has 3 aromatic carbocycles. The first-order chi connectivity index (χ1) is 14.4. The molecule has 0 bridgehead atoms. The summed E-state index contributed by atoms with van der Waals surface area (Å²) < 4.78 is 6.49. The zero-order valence-corrected chi connectivity index (χ0v) is 18.9. The van der Waals surface area contributed by atoms with Crippen LogP contribution in [-0.4, -0.2) is 16.3 Å². The van der Waals surface area contributed by atoms with Gasteiger partial charge in [0, 0.05) is 22.4 Å². The number of halogens is 2. The van der Waals surface area contributed by atoms with Crippen molar-refractivity contribution >= 4 is 50.5 Å². The fraction of sp³-hybridized carbons (Fsp3) is 0.167. The number of aliphatic imine (C=N–C) groups is 1. The van der Waals surface area contributed by atoms with Crippen molar-refractivity contribution in [3.63, 3.8) is 0 Å². The minimum Gasteiger partial charge on any atom is -0.506 e. The Morgan fingerprint density at radius 2 is 2.03 bits per heavy atom. The van der Waals surface area contributed by atoms with Crippen LogP contribution in [0.1, 0.15) is 37.3 Å². The monoisotopic (exact) mass is 482 g/mol. The van der Waals surface area contributed by atoms with Crippen molar-refractivity contribution in [1.82, 2.24) is 4.98 Å². The van der Waals surface area contributed by atoms with Crippen LogP contribution in [0.5, 0.6) is 5.75 Å². The van der Waals surface area contributed by atoms with Crippen LogP contribution in [0, 0.1) is 0 Å². The first-order valence-corrected chi connectivity index (χ1v) is 10.8. The van der Waals surface area contributed by atoms with E-state index < -0.39 is 0 Å². The van der Waals surface area contributed by atoms with Crippen molar-refractivity contribution in [2.75, 3.05) is 0 Å². The lowest BCUT2D eigenvalue weighted by Gasteiger charge is -2.07. The van der Waals surface area contributed by atoms with E-state index in [1.165, 1.54) is 5.56 Å². The predicted octanol–water partition coefficient (Wildman–Crippen LogP) is 7.88. The summed E-state index contributed by atoms with van der Waals surface area (Å²) in [5, 5.41) is 10.7. The number of aromatic nitrogens is 1. The molecule has 0 saturated heterocycles. The SMILES string of the molecule is CC[C@H](C)c1ccc2oc(-c3cccc(N=Cc4cc(Cl)cc(Br)c4O)c3)nc2c1. The zero-order valence-electron chi connectivity index (χ0n) is 16.6. The topological polar surface area (TPSA) is 58.6 Å². The number of oxazole rings is 1. The van der Waals surface area contributed by atoms with Gasteiger partial charge in [0.1, 0.15) is 11.3 Å². The molecule has 0 spiro atoms. The summed E-state index contributed by atoms with van der Waals surface area (Å²) in [6, 6.07) is 17.1. The number of phenolic OH excluding ortho intramolecular Hbond substituents is 1. The lowest BCUT2D eigenvalue weighted by Crippen LogP contribution is -1.90. The Hall–Kier alpha value is -2.63. The fourth-order valence-electron chi connectivity index (χ4n) is 3.16. The van der Waals surface area contributed by atoms with Gasteiger partial charge in [-0.25, -0.2) is 4.98 Å². The van der Waals surface area contributed by atoms with E-state index in [9.17, 15) is 5.11 Å². The van der Waals surface area contributed by atoms with Gasteiger partial charge in [-0.2, -0.15) is 0 Å². The Bertz CT molecular complexity index is 1250. The Morgan fingerprint density at radius 1 is 1.20 bits per heavy atom. The summed E-state index contributed by atoms with van der Waals surface area (Å²) in [4.78, 5) is 9.15. The second-order valence-corrected chi connectivity index (χ2v) is 8.48. The number of nitrogens with zero attached hydrogens (tertiary/aromatic N) is 2. The lowest BCUT2D eigenvalue weighted by atomic mass is 9.98. The van der Waals surface area contributed by atoms with Crippen LogP contribution in [0.2, 0.25) is 5.02 Å². The molecule has 0 unspecified atom stereocenters. The average molecular weight is 484 g/mol. The van der Waals surface area contributed by atoms with Crippen LogP contribution in [0.15, 0.2) is 68.5 Å². The highest BCUT2D eigenvalue weighted by Crippen LogP contribution is 2.32. The molecule has 0 amide bonds. The van der Waals surface area contributed by atoms with Crippen LogP contribution in [0.25, 0.3) is 22.6 Å². The molecule has 0 aliphatic heterocycles. The van der Waals surface area contributed by atoms with E-state index in [-0.39, 0.29) is 5.75 Å². The third-order valence-electron chi connectivity index (χ3n) is 5.10. The van der Waals surface area contributed by atoms with Gasteiger partial charge in [0.05, 0.1) is 10.2 Å². The van der Waals surface area contributed by atoms with Gasteiger partial charge >= 0.3 is 0 Å². The van der Waals surface area contributed by atoms with E-state index in [1.807, 2.05) is 30.3 Å². The second-order valence-electron chi connectivity index (χ2n) is 7.19. The molecular weight excluding hydrogens is 464 g/mol. The van der Waals surface area contributed by atoms with Crippen LogP contribution >= 0.6 is 27.5 Å². The number of aromatic hydroxyl groups is 1. The maximum Gasteiger partial charge on any atom is 0.227 e. The number of hydrogen-bond acceptors (Lipinski definition) is 4. The first kappa shape index (κ1) is 20.6. The Kier molecular flexibility index (Phi) is 5.93. The number of phenols is 1. The molecule has 1 N–H and O–H groups in total. The van der Waals surface area contributed by atoms with Gasteiger partial charge in [0.25, 0.3) is 0 Å². The molecule has 152 valence electrons. The van der Waals surface area contributed by atoms with Gasteiger partial charge in [0.2, 0.25) is 5.89 Å². The molecule has 4 aromatic rings. The normalized spacial score (nSPS) is 12.7. The highest BCUT2D eigenvalue weighted by Gasteiger charge is 2.11. The summed E-state index contributed by atoms with van der Waals surface area (Å²) >= 11 is 9.35. The van der Waals surface area contributed by atoms with Crippen LogP contribution < -0.4 is 0 Å². The van der Waals surface area contributed by atoms with Gasteiger partial charge in [-0.05, 0) is 76.3 Å². The van der Waals surface area contributed by atoms with Crippen molar-refractivity contribution in [2.45, 2.75) is 26.2 Å². The van der Waals surface area contributed by atoms with Crippen molar-refractivity contribution in [3.8, 4) is 17.2 Å². The molecule has 0 aliphatic rings. The minimum absolute atomic E-state index is 0.0929. The zero-order chi connectivity index (χ0) is 21.3. The fourth-order valence-corrected chi connectivity index (χ4v) is 3.99. The van der Waals surface area contributed by atoms with Crippen LogP contribution in [0.4, 0.5) is 5.69 Å². The first-order valence-electron chi connectivity index (χ1n) is 9.67. The second kappa shape index (κ2) is 8.62. The molecule has 4 rings (SSSR count). The van der Waals surface area contributed by atoms with Gasteiger partial charge in [-0.1, -0.05) is 37.6 Å². The van der Waals surface area contributed by atoms with E-state index in [2.05, 4.69) is 51.9 Å². The van der Waals surface area contributed by atoms with E-state index in [0.29, 0.717) is 32.6 Å². The molecule has 1 aromatic heterocycles. The van der Waals surface area contributed by atoms with Crippen molar-refractivity contribution < 1.29 is 9.52 Å². The third kappa shape index (κ3) is 4.27. The molecule has 0 saturated carbocycles. The molecule has 6 heteroatoms. The summed E-state index contributed by atoms with van der Waals surface area (Å²) in [7, 11) is 0.